The minimum Gasteiger partial charge on any atom is -0.497 e. The molecule has 0 fully saturated rings. The summed E-state index contributed by atoms with van der Waals surface area (Å²) in [5, 5.41) is 11.4. The zero-order valence-corrected chi connectivity index (χ0v) is 18.6. The molecule has 0 bridgehead atoms. The van der Waals surface area contributed by atoms with Gasteiger partial charge in [-0.3, -0.25) is 19.7 Å². The highest BCUT2D eigenvalue weighted by molar-refractivity contribution is 5.99. The molecule has 2 heterocycles. The van der Waals surface area contributed by atoms with Crippen LogP contribution in [-0.4, -0.2) is 29.4 Å². The molecular weight excluding hydrogens is 455 g/mol. The summed E-state index contributed by atoms with van der Waals surface area (Å²) in [6, 6.07) is 15.7. The Balaban J connectivity index is 1.63. The Morgan fingerprint density at radius 2 is 1.86 bits per heavy atom. The van der Waals surface area contributed by atoms with Crippen LogP contribution in [0.2, 0.25) is 0 Å². The second-order valence-electron chi connectivity index (χ2n) is 8.17. The van der Waals surface area contributed by atoms with Gasteiger partial charge in [0.15, 0.2) is 5.43 Å². The van der Waals surface area contributed by atoms with Crippen LogP contribution in [0.4, 0.5) is 10.1 Å². The zero-order chi connectivity index (χ0) is 24.7. The van der Waals surface area contributed by atoms with Gasteiger partial charge in [0.1, 0.15) is 17.1 Å². The maximum Gasteiger partial charge on any atom is 0.290 e. The van der Waals surface area contributed by atoms with Gasteiger partial charge in [0.05, 0.1) is 29.0 Å². The van der Waals surface area contributed by atoms with Crippen molar-refractivity contribution in [3.05, 3.63) is 115 Å². The first kappa shape index (κ1) is 22.3. The van der Waals surface area contributed by atoms with Crippen LogP contribution >= 0.6 is 0 Å². The molecule has 9 heteroatoms. The number of amides is 1. The van der Waals surface area contributed by atoms with Crippen molar-refractivity contribution in [1.29, 1.82) is 0 Å². The van der Waals surface area contributed by atoms with Gasteiger partial charge in [-0.05, 0) is 47.9 Å². The SMILES string of the molecule is COc1ccc(CCN2C(=O)c3oc4ccc(F)cc4c(=O)c3C2c2cccc([N+](=O)[O-])c2)cc1. The van der Waals surface area contributed by atoms with Gasteiger partial charge in [0, 0.05) is 18.7 Å². The molecule has 0 saturated carbocycles. The molecule has 8 nitrogen and oxygen atoms in total. The first-order valence-corrected chi connectivity index (χ1v) is 10.8. The van der Waals surface area contributed by atoms with E-state index in [1.165, 1.54) is 29.2 Å². The van der Waals surface area contributed by atoms with Crippen molar-refractivity contribution in [3.63, 3.8) is 0 Å². The molecule has 0 saturated heterocycles. The fourth-order valence-corrected chi connectivity index (χ4v) is 4.42. The van der Waals surface area contributed by atoms with E-state index < -0.39 is 28.1 Å². The van der Waals surface area contributed by atoms with Crippen molar-refractivity contribution in [2.24, 2.45) is 0 Å². The monoisotopic (exact) mass is 474 g/mol. The lowest BCUT2D eigenvalue weighted by molar-refractivity contribution is -0.384. The third-order valence-corrected chi connectivity index (χ3v) is 6.12. The minimum atomic E-state index is -0.917. The van der Waals surface area contributed by atoms with Crippen LogP contribution in [0.3, 0.4) is 0 Å². The van der Waals surface area contributed by atoms with E-state index in [0.29, 0.717) is 17.7 Å². The van der Waals surface area contributed by atoms with Crippen molar-refractivity contribution >= 4 is 22.6 Å². The molecule has 0 spiro atoms. The average molecular weight is 474 g/mol. The third kappa shape index (κ3) is 3.90. The highest BCUT2D eigenvalue weighted by Gasteiger charge is 2.42. The van der Waals surface area contributed by atoms with Crippen LogP contribution in [0.25, 0.3) is 11.0 Å². The van der Waals surface area contributed by atoms with Crippen molar-refractivity contribution in [3.8, 4) is 5.75 Å². The Kier molecular flexibility index (Phi) is 5.52. The number of carbonyl (C=O) groups excluding carboxylic acids is 1. The number of methoxy groups -OCH3 is 1. The number of halogens is 1. The van der Waals surface area contributed by atoms with Crippen molar-refractivity contribution in [2.75, 3.05) is 13.7 Å². The molecule has 1 unspecified atom stereocenters. The van der Waals surface area contributed by atoms with Gasteiger partial charge < -0.3 is 14.1 Å². The summed E-state index contributed by atoms with van der Waals surface area (Å²) in [7, 11) is 1.57. The maximum absolute atomic E-state index is 13.9. The number of nitro groups is 1. The summed E-state index contributed by atoms with van der Waals surface area (Å²) in [4.78, 5) is 39.2. The normalized spacial score (nSPS) is 14.9. The molecule has 0 aliphatic carbocycles. The number of fused-ring (bicyclic) bond motifs is 2. The molecule has 1 aliphatic rings. The van der Waals surface area contributed by atoms with Gasteiger partial charge in [-0.2, -0.15) is 0 Å². The van der Waals surface area contributed by atoms with Gasteiger partial charge in [-0.1, -0.05) is 24.3 Å². The fraction of sp³-hybridized carbons (Fsp3) is 0.154. The van der Waals surface area contributed by atoms with E-state index in [0.717, 1.165) is 17.7 Å². The Hall–Kier alpha value is -4.53. The number of carbonyl (C=O) groups is 1. The van der Waals surface area contributed by atoms with E-state index >= 15 is 0 Å². The number of ether oxygens (including phenoxy) is 1. The average Bonchev–Trinajstić information content (AvgIpc) is 3.15. The largest absolute Gasteiger partial charge is 0.497 e. The minimum absolute atomic E-state index is 0.00369. The summed E-state index contributed by atoms with van der Waals surface area (Å²) in [6.45, 7) is 0.215. The molecule has 4 aromatic rings. The predicted octanol–water partition coefficient (Wildman–Crippen LogP) is 4.64. The van der Waals surface area contributed by atoms with Crippen LogP contribution in [0.1, 0.15) is 33.3 Å². The summed E-state index contributed by atoms with van der Waals surface area (Å²) in [6.07, 6.45) is 0.456. The highest BCUT2D eigenvalue weighted by Crippen LogP contribution is 2.39. The number of non-ortho nitro benzene ring substituents is 1. The molecule has 0 N–H and O–H groups in total. The number of rotatable bonds is 6. The van der Waals surface area contributed by atoms with E-state index in [4.69, 9.17) is 9.15 Å². The quantitative estimate of drug-likeness (QED) is 0.298. The zero-order valence-electron chi connectivity index (χ0n) is 18.6. The van der Waals surface area contributed by atoms with Crippen LogP contribution in [0, 0.1) is 15.9 Å². The first-order chi connectivity index (χ1) is 16.9. The predicted molar refractivity (Wildman–Crippen MR) is 125 cm³/mol. The molecule has 5 rings (SSSR count). The van der Waals surface area contributed by atoms with Gasteiger partial charge >= 0.3 is 0 Å². The van der Waals surface area contributed by atoms with E-state index in [1.54, 1.807) is 25.3 Å². The van der Waals surface area contributed by atoms with E-state index in [9.17, 15) is 24.1 Å². The van der Waals surface area contributed by atoms with Gasteiger partial charge in [0.25, 0.3) is 11.6 Å². The van der Waals surface area contributed by atoms with Gasteiger partial charge in [-0.25, -0.2) is 4.39 Å². The molecule has 1 atom stereocenters. The van der Waals surface area contributed by atoms with E-state index in [2.05, 4.69) is 0 Å². The number of nitro benzene ring substituents is 1. The molecule has 1 aliphatic heterocycles. The highest BCUT2D eigenvalue weighted by atomic mass is 19.1. The molecular formula is C26H19FN2O6. The summed E-state index contributed by atoms with van der Waals surface area (Å²) in [5.41, 5.74) is 0.747. The van der Waals surface area contributed by atoms with Crippen molar-refractivity contribution in [2.45, 2.75) is 12.5 Å². The lowest BCUT2D eigenvalue weighted by Gasteiger charge is -2.25. The van der Waals surface area contributed by atoms with Gasteiger partial charge in [0.2, 0.25) is 5.76 Å². The van der Waals surface area contributed by atoms with E-state index in [-0.39, 0.29) is 34.5 Å². The Morgan fingerprint density at radius 1 is 1.09 bits per heavy atom. The molecule has 3 aromatic carbocycles. The van der Waals surface area contributed by atoms with Crippen LogP contribution in [0.5, 0.6) is 5.75 Å². The third-order valence-electron chi connectivity index (χ3n) is 6.12. The Labute approximate surface area is 198 Å². The lowest BCUT2D eigenvalue weighted by Crippen LogP contribution is -2.31. The number of hydrogen-bond acceptors (Lipinski definition) is 6. The summed E-state index contributed by atoms with van der Waals surface area (Å²) < 4.78 is 24.9. The maximum atomic E-state index is 13.9. The van der Waals surface area contributed by atoms with Crippen molar-refractivity contribution in [1.82, 2.24) is 4.90 Å². The molecule has 176 valence electrons. The molecule has 1 amide bonds. The van der Waals surface area contributed by atoms with Gasteiger partial charge in [-0.15, -0.1) is 0 Å². The summed E-state index contributed by atoms with van der Waals surface area (Å²) in [5.74, 6) is -0.562. The second-order valence-corrected chi connectivity index (χ2v) is 8.17. The standard InChI is InChI=1S/C26H19FN2O6/c1-34-19-8-5-15(6-9-19)11-12-28-23(16-3-2-4-18(13-16)29(32)33)22-24(30)20-14-17(27)7-10-21(20)35-25(22)26(28)31/h2-10,13-14,23H,11-12H2,1H3. The molecule has 0 radical (unpaired) electrons. The lowest BCUT2D eigenvalue weighted by atomic mass is 9.98. The molecule has 1 aromatic heterocycles. The first-order valence-electron chi connectivity index (χ1n) is 10.8. The number of hydrogen-bond donors (Lipinski definition) is 0. The van der Waals surface area contributed by atoms with Crippen molar-refractivity contribution < 1.29 is 23.3 Å². The number of nitrogens with zero attached hydrogens (tertiary/aromatic N) is 2. The fourth-order valence-electron chi connectivity index (χ4n) is 4.42. The van der Waals surface area contributed by atoms with E-state index in [1.807, 2.05) is 12.1 Å². The topological polar surface area (TPSA) is 103 Å². The molecule has 35 heavy (non-hydrogen) atoms. The number of benzene rings is 3. The van der Waals surface area contributed by atoms with Crippen LogP contribution < -0.4 is 10.2 Å². The Morgan fingerprint density at radius 3 is 2.57 bits per heavy atom. The van der Waals surface area contributed by atoms with Crippen LogP contribution in [-0.2, 0) is 6.42 Å². The Bertz CT molecular complexity index is 1530. The second kappa shape index (κ2) is 8.68. The van der Waals surface area contributed by atoms with Crippen LogP contribution in [0.15, 0.2) is 75.9 Å². The summed E-state index contributed by atoms with van der Waals surface area (Å²) >= 11 is 0. The smallest absolute Gasteiger partial charge is 0.290 e.